The first-order valence-electron chi connectivity index (χ1n) is 9.92. The highest BCUT2D eigenvalue weighted by atomic mass is 32.2. The Morgan fingerprint density at radius 3 is 2.44 bits per heavy atom. The van der Waals surface area contributed by atoms with Gasteiger partial charge >= 0.3 is 6.18 Å². The molecule has 2 aromatic carbocycles. The second-order valence-electron chi connectivity index (χ2n) is 7.50. The normalized spacial score (nSPS) is 23.2. The van der Waals surface area contributed by atoms with E-state index in [9.17, 15) is 28.3 Å². The molecule has 166 valence electrons. The zero-order chi connectivity index (χ0) is 23.1. The van der Waals surface area contributed by atoms with Crippen molar-refractivity contribution in [3.05, 3.63) is 75.8 Å². The average molecular weight is 460 g/mol. The molecule has 1 amide bonds. The van der Waals surface area contributed by atoms with Crippen molar-refractivity contribution in [1.29, 1.82) is 5.26 Å². The van der Waals surface area contributed by atoms with Gasteiger partial charge in [0.1, 0.15) is 5.75 Å². The quantitative estimate of drug-likeness (QED) is 0.713. The third-order valence-electron chi connectivity index (χ3n) is 5.58. The summed E-state index contributed by atoms with van der Waals surface area (Å²) in [4.78, 5) is 14.4. The largest absolute Gasteiger partial charge is 0.494 e. The highest BCUT2D eigenvalue weighted by molar-refractivity contribution is 8.03. The highest BCUT2D eigenvalue weighted by Crippen LogP contribution is 2.51. The molecule has 0 spiro atoms. The number of hydrogen-bond acceptors (Lipinski definition) is 5. The summed E-state index contributed by atoms with van der Waals surface area (Å²) in [6.45, 7) is 2.35. The third-order valence-corrected chi connectivity index (χ3v) is 6.80. The molecule has 2 aromatic rings. The van der Waals surface area contributed by atoms with E-state index in [1.165, 1.54) is 28.8 Å². The Morgan fingerprint density at radius 1 is 1.22 bits per heavy atom. The fourth-order valence-corrected chi connectivity index (χ4v) is 5.37. The van der Waals surface area contributed by atoms with Gasteiger partial charge in [-0.05, 0) is 36.8 Å². The first-order chi connectivity index (χ1) is 15.2. The summed E-state index contributed by atoms with van der Waals surface area (Å²) in [5.74, 6) is -0.305. The van der Waals surface area contributed by atoms with E-state index in [1.54, 1.807) is 24.3 Å². The molecule has 0 aliphatic carbocycles. The second kappa shape index (κ2) is 8.19. The molecule has 0 bridgehead atoms. The number of fused-ring (bicyclic) bond motifs is 1. The second-order valence-corrected chi connectivity index (χ2v) is 8.46. The molecule has 2 aliphatic heterocycles. The van der Waals surface area contributed by atoms with Gasteiger partial charge in [-0.15, -0.1) is 11.8 Å². The maximum absolute atomic E-state index is 13.1. The summed E-state index contributed by atoms with van der Waals surface area (Å²) in [7, 11) is 0. The molecule has 2 heterocycles. The number of benzene rings is 2. The van der Waals surface area contributed by atoms with E-state index < -0.39 is 29.3 Å². The van der Waals surface area contributed by atoms with Crippen LogP contribution in [-0.2, 0) is 16.7 Å². The number of allylic oxidation sites excluding steroid dienone is 1. The lowest BCUT2D eigenvalue weighted by Crippen LogP contribution is -2.48. The number of nitrogens with zero attached hydrogens (tertiary/aromatic N) is 2. The van der Waals surface area contributed by atoms with Crippen LogP contribution >= 0.6 is 11.8 Å². The van der Waals surface area contributed by atoms with Crippen molar-refractivity contribution in [3.8, 4) is 11.8 Å². The number of aliphatic hydroxyl groups is 1. The zero-order valence-electron chi connectivity index (χ0n) is 17.0. The van der Waals surface area contributed by atoms with Gasteiger partial charge in [0.25, 0.3) is 0 Å². The standard InChI is InChI=1S/C23H19F3N2O3S/c1-2-31-17-9-7-15(8-10-17)22(30)13-32-21-19(12-27)18(11-20(29)28(21)22)14-3-5-16(6-4-14)23(24,25)26/h3-10,18,30H,2,11,13H2,1H3. The van der Waals surface area contributed by atoms with Crippen molar-refractivity contribution in [2.45, 2.75) is 31.2 Å². The fourth-order valence-electron chi connectivity index (χ4n) is 4.01. The zero-order valence-corrected chi connectivity index (χ0v) is 17.8. The molecular formula is C23H19F3N2O3S. The SMILES string of the molecule is CCOc1ccc(C2(O)CSC3=C(C#N)C(c4ccc(C(F)(F)F)cc4)CC(=O)N32)cc1. The van der Waals surface area contributed by atoms with Crippen LogP contribution in [0.1, 0.15) is 36.0 Å². The number of alkyl halides is 3. The van der Waals surface area contributed by atoms with Crippen LogP contribution in [0.3, 0.4) is 0 Å². The van der Waals surface area contributed by atoms with Gasteiger partial charge in [-0.25, -0.2) is 0 Å². The molecule has 9 heteroatoms. The van der Waals surface area contributed by atoms with Crippen LogP contribution in [0.4, 0.5) is 13.2 Å². The van der Waals surface area contributed by atoms with E-state index in [-0.39, 0.29) is 17.7 Å². The number of carbonyl (C=O) groups is 1. The Balaban J connectivity index is 1.70. The molecule has 2 unspecified atom stereocenters. The highest BCUT2D eigenvalue weighted by Gasteiger charge is 2.51. The minimum Gasteiger partial charge on any atom is -0.494 e. The number of nitriles is 1. The van der Waals surface area contributed by atoms with Gasteiger partial charge in [-0.2, -0.15) is 18.4 Å². The van der Waals surface area contributed by atoms with Crippen LogP contribution in [0.15, 0.2) is 59.1 Å². The topological polar surface area (TPSA) is 73.6 Å². The number of amides is 1. The molecule has 0 radical (unpaired) electrons. The van der Waals surface area contributed by atoms with E-state index in [4.69, 9.17) is 4.74 Å². The molecule has 5 nitrogen and oxygen atoms in total. The Morgan fingerprint density at radius 2 is 1.88 bits per heavy atom. The Labute approximate surface area is 187 Å². The lowest BCUT2D eigenvalue weighted by Gasteiger charge is -2.38. The Kier molecular flexibility index (Phi) is 5.69. The van der Waals surface area contributed by atoms with E-state index in [0.29, 0.717) is 28.5 Å². The lowest BCUT2D eigenvalue weighted by molar-refractivity contribution is -0.149. The molecule has 4 rings (SSSR count). The summed E-state index contributed by atoms with van der Waals surface area (Å²) >= 11 is 1.19. The molecule has 2 aliphatic rings. The fraction of sp³-hybridized carbons (Fsp3) is 0.304. The lowest BCUT2D eigenvalue weighted by atomic mass is 9.85. The van der Waals surface area contributed by atoms with Crippen molar-refractivity contribution in [3.63, 3.8) is 0 Å². The van der Waals surface area contributed by atoms with Gasteiger partial charge < -0.3 is 9.84 Å². The van der Waals surface area contributed by atoms with Gasteiger partial charge in [0, 0.05) is 17.9 Å². The summed E-state index contributed by atoms with van der Waals surface area (Å²) < 4.78 is 44.1. The van der Waals surface area contributed by atoms with Crippen LogP contribution in [-0.4, -0.2) is 28.3 Å². The number of rotatable bonds is 4. The first-order valence-corrected chi connectivity index (χ1v) is 10.9. The van der Waals surface area contributed by atoms with E-state index in [0.717, 1.165) is 12.1 Å². The van der Waals surface area contributed by atoms with Crippen LogP contribution in [0.25, 0.3) is 0 Å². The molecule has 1 N–H and O–H groups in total. The molecule has 1 fully saturated rings. The van der Waals surface area contributed by atoms with Crippen LogP contribution in [0.2, 0.25) is 0 Å². The van der Waals surface area contributed by atoms with E-state index in [2.05, 4.69) is 6.07 Å². The number of thioether (sulfide) groups is 1. The minimum absolute atomic E-state index is 0.127. The molecule has 32 heavy (non-hydrogen) atoms. The molecule has 1 saturated heterocycles. The minimum atomic E-state index is -4.47. The predicted octanol–water partition coefficient (Wildman–Crippen LogP) is 4.75. The monoisotopic (exact) mass is 460 g/mol. The summed E-state index contributed by atoms with van der Waals surface area (Å²) in [5, 5.41) is 21.6. The molecule has 0 aromatic heterocycles. The number of hydrogen-bond donors (Lipinski definition) is 1. The number of ether oxygens (including phenoxy) is 1. The van der Waals surface area contributed by atoms with Gasteiger partial charge in [0.15, 0.2) is 5.72 Å². The maximum atomic E-state index is 13.1. The van der Waals surface area contributed by atoms with Crippen molar-refractivity contribution in [2.24, 2.45) is 0 Å². The summed E-state index contributed by atoms with van der Waals surface area (Å²) in [6, 6.07) is 13.4. The first kappa shape index (κ1) is 22.2. The Hall–Kier alpha value is -2.96. The van der Waals surface area contributed by atoms with Gasteiger partial charge in [-0.3, -0.25) is 9.69 Å². The third kappa shape index (κ3) is 3.74. The maximum Gasteiger partial charge on any atom is 0.416 e. The van der Waals surface area contributed by atoms with Gasteiger partial charge in [0.2, 0.25) is 5.91 Å². The van der Waals surface area contributed by atoms with Crippen LogP contribution in [0.5, 0.6) is 5.75 Å². The van der Waals surface area contributed by atoms with Crippen molar-refractivity contribution < 1.29 is 27.8 Å². The van der Waals surface area contributed by atoms with Crippen LogP contribution < -0.4 is 4.74 Å². The van der Waals surface area contributed by atoms with Crippen LogP contribution in [0, 0.1) is 11.3 Å². The predicted molar refractivity (Wildman–Crippen MR) is 112 cm³/mol. The number of halogens is 3. The summed E-state index contributed by atoms with van der Waals surface area (Å²) in [5.41, 5.74) is -1.23. The van der Waals surface area contributed by atoms with Crippen molar-refractivity contribution in [2.75, 3.05) is 12.4 Å². The van der Waals surface area contributed by atoms with E-state index in [1.807, 2.05) is 6.92 Å². The van der Waals surface area contributed by atoms with Crippen molar-refractivity contribution >= 4 is 17.7 Å². The summed E-state index contributed by atoms with van der Waals surface area (Å²) in [6.07, 6.45) is -4.60. The molecular weight excluding hydrogens is 441 g/mol. The van der Waals surface area contributed by atoms with Gasteiger partial charge in [0.05, 0.1) is 34.6 Å². The van der Waals surface area contributed by atoms with E-state index >= 15 is 0 Å². The smallest absolute Gasteiger partial charge is 0.416 e. The Bertz CT molecular complexity index is 1110. The average Bonchev–Trinajstić information content (AvgIpc) is 3.13. The molecule has 2 atom stereocenters. The number of carbonyl (C=O) groups excluding carboxylic acids is 1. The van der Waals surface area contributed by atoms with Gasteiger partial charge in [-0.1, -0.05) is 24.3 Å². The van der Waals surface area contributed by atoms with Crippen molar-refractivity contribution in [1.82, 2.24) is 4.90 Å². The molecule has 0 saturated carbocycles.